The van der Waals surface area contributed by atoms with Crippen LogP contribution in [0.25, 0.3) is 0 Å². The Hall–Kier alpha value is -1.16. The van der Waals surface area contributed by atoms with Crippen molar-refractivity contribution in [2.75, 3.05) is 18.5 Å². The first kappa shape index (κ1) is 15.9. The molecular formula is C15H28N4. The number of nitrogens with one attached hydrogen (secondary N) is 1. The molecule has 0 saturated carbocycles. The van der Waals surface area contributed by atoms with E-state index in [-0.39, 0.29) is 5.54 Å². The summed E-state index contributed by atoms with van der Waals surface area (Å²) in [7, 11) is 2.07. The smallest absolute Gasteiger partial charge is 0.146 e. The molecular weight excluding hydrogens is 236 g/mol. The molecule has 0 unspecified atom stereocenters. The van der Waals surface area contributed by atoms with Crippen LogP contribution in [0.3, 0.4) is 0 Å². The third kappa shape index (κ3) is 6.53. The van der Waals surface area contributed by atoms with Crippen molar-refractivity contribution in [3.8, 4) is 0 Å². The molecule has 4 nitrogen and oxygen atoms in total. The van der Waals surface area contributed by atoms with Crippen molar-refractivity contribution in [2.45, 2.75) is 53.1 Å². The third-order valence-corrected chi connectivity index (χ3v) is 2.92. The Morgan fingerprint density at radius 3 is 2.37 bits per heavy atom. The Kier molecular flexibility index (Phi) is 5.73. The van der Waals surface area contributed by atoms with Crippen molar-refractivity contribution in [2.24, 2.45) is 5.92 Å². The highest BCUT2D eigenvalue weighted by atomic mass is 15.2. The molecule has 0 aromatic carbocycles. The minimum atomic E-state index is 0.106. The summed E-state index contributed by atoms with van der Waals surface area (Å²) < 4.78 is 0. The number of hydrogen-bond donors (Lipinski definition) is 1. The fraction of sp³-hybridized carbons (Fsp3) is 0.733. The topological polar surface area (TPSA) is 41.1 Å². The summed E-state index contributed by atoms with van der Waals surface area (Å²) in [6.07, 6.45) is 4.89. The van der Waals surface area contributed by atoms with Crippen molar-refractivity contribution in [1.82, 2.24) is 15.3 Å². The second-order valence-corrected chi connectivity index (χ2v) is 6.57. The van der Waals surface area contributed by atoms with Gasteiger partial charge in [0.1, 0.15) is 5.82 Å². The molecule has 1 aromatic rings. The summed E-state index contributed by atoms with van der Waals surface area (Å²) >= 11 is 0. The highest BCUT2D eigenvalue weighted by Gasteiger charge is 2.09. The lowest BCUT2D eigenvalue weighted by Gasteiger charge is -2.21. The predicted octanol–water partition coefficient (Wildman–Crippen LogP) is 2.85. The van der Waals surface area contributed by atoms with Crippen LogP contribution < -0.4 is 10.2 Å². The Balaban J connectivity index is 2.51. The number of nitrogens with zero attached hydrogens (tertiary/aromatic N) is 3. The lowest BCUT2D eigenvalue weighted by atomic mass is 10.1. The van der Waals surface area contributed by atoms with Gasteiger partial charge < -0.3 is 10.2 Å². The Morgan fingerprint density at radius 2 is 1.89 bits per heavy atom. The van der Waals surface area contributed by atoms with Crippen molar-refractivity contribution < 1.29 is 0 Å². The number of hydrogen-bond acceptors (Lipinski definition) is 4. The highest BCUT2D eigenvalue weighted by Crippen LogP contribution is 2.10. The summed E-state index contributed by atoms with van der Waals surface area (Å²) in [5.41, 5.74) is 1.09. The number of aromatic nitrogens is 2. The zero-order valence-electron chi connectivity index (χ0n) is 13.2. The molecule has 0 atom stereocenters. The second kappa shape index (κ2) is 6.85. The van der Waals surface area contributed by atoms with Gasteiger partial charge in [0.2, 0.25) is 0 Å². The van der Waals surface area contributed by atoms with E-state index in [9.17, 15) is 0 Å². The molecule has 1 rings (SSSR count). The van der Waals surface area contributed by atoms with E-state index in [0.29, 0.717) is 5.92 Å². The molecule has 1 N–H and O–H groups in total. The molecule has 108 valence electrons. The van der Waals surface area contributed by atoms with E-state index in [0.717, 1.165) is 24.6 Å². The molecule has 0 amide bonds. The second-order valence-electron chi connectivity index (χ2n) is 6.57. The van der Waals surface area contributed by atoms with Gasteiger partial charge in [-0.1, -0.05) is 13.8 Å². The molecule has 0 aliphatic heterocycles. The van der Waals surface area contributed by atoms with Gasteiger partial charge in [-0.2, -0.15) is 0 Å². The minimum absolute atomic E-state index is 0.106. The number of anilines is 1. The van der Waals surface area contributed by atoms with Crippen LogP contribution in [-0.4, -0.2) is 29.1 Å². The van der Waals surface area contributed by atoms with Gasteiger partial charge in [0.05, 0.1) is 18.1 Å². The molecule has 0 aliphatic rings. The SMILES string of the molecule is CC(C)CCN(C)c1cnc(CNC(C)(C)C)cn1. The molecule has 0 radical (unpaired) electrons. The lowest BCUT2D eigenvalue weighted by Crippen LogP contribution is -2.35. The maximum Gasteiger partial charge on any atom is 0.146 e. The summed E-state index contributed by atoms with van der Waals surface area (Å²) in [5.74, 6) is 1.66. The van der Waals surface area contributed by atoms with Gasteiger partial charge >= 0.3 is 0 Å². The first-order valence-corrected chi connectivity index (χ1v) is 7.05. The standard InChI is InChI=1S/C15H28N4/c1-12(2)7-8-19(6)14-11-16-13(9-17-14)10-18-15(3,4)5/h9,11-12,18H,7-8,10H2,1-6H3. The van der Waals surface area contributed by atoms with Crippen LogP contribution >= 0.6 is 0 Å². The van der Waals surface area contributed by atoms with Crippen LogP contribution in [0.1, 0.15) is 46.7 Å². The van der Waals surface area contributed by atoms with E-state index >= 15 is 0 Å². The van der Waals surface area contributed by atoms with Crippen molar-refractivity contribution in [1.29, 1.82) is 0 Å². The molecule has 0 fully saturated rings. The largest absolute Gasteiger partial charge is 0.358 e. The van der Waals surface area contributed by atoms with Gasteiger partial charge in [-0.15, -0.1) is 0 Å². The van der Waals surface area contributed by atoms with E-state index in [1.807, 2.05) is 12.4 Å². The maximum atomic E-state index is 4.48. The summed E-state index contributed by atoms with van der Waals surface area (Å²) in [6.45, 7) is 12.7. The predicted molar refractivity (Wildman–Crippen MR) is 81.3 cm³/mol. The van der Waals surface area contributed by atoms with Crippen LogP contribution in [0.2, 0.25) is 0 Å². The average Bonchev–Trinajstić information content (AvgIpc) is 2.33. The fourth-order valence-electron chi connectivity index (χ4n) is 1.56. The molecule has 4 heteroatoms. The molecule has 0 bridgehead atoms. The van der Waals surface area contributed by atoms with Gasteiger partial charge in [-0.25, -0.2) is 4.98 Å². The fourth-order valence-corrected chi connectivity index (χ4v) is 1.56. The van der Waals surface area contributed by atoms with Gasteiger partial charge in [0, 0.05) is 25.7 Å². The van der Waals surface area contributed by atoms with Crippen LogP contribution in [0.15, 0.2) is 12.4 Å². The summed E-state index contributed by atoms with van der Waals surface area (Å²) in [4.78, 5) is 11.1. The van der Waals surface area contributed by atoms with Crippen molar-refractivity contribution in [3.05, 3.63) is 18.1 Å². The van der Waals surface area contributed by atoms with E-state index in [1.54, 1.807) is 0 Å². The minimum Gasteiger partial charge on any atom is -0.358 e. The Morgan fingerprint density at radius 1 is 1.21 bits per heavy atom. The number of rotatable bonds is 6. The monoisotopic (exact) mass is 264 g/mol. The maximum absolute atomic E-state index is 4.48. The molecule has 0 aliphatic carbocycles. The molecule has 19 heavy (non-hydrogen) atoms. The lowest BCUT2D eigenvalue weighted by molar-refractivity contribution is 0.421. The van der Waals surface area contributed by atoms with E-state index in [1.165, 1.54) is 6.42 Å². The molecule has 0 saturated heterocycles. The van der Waals surface area contributed by atoms with Crippen LogP contribution in [0, 0.1) is 5.92 Å². The third-order valence-electron chi connectivity index (χ3n) is 2.92. The quantitative estimate of drug-likeness (QED) is 0.858. The van der Waals surface area contributed by atoms with Gasteiger partial charge in [-0.3, -0.25) is 4.98 Å². The van der Waals surface area contributed by atoms with E-state index in [4.69, 9.17) is 0 Å². The Bertz CT molecular complexity index is 365. The van der Waals surface area contributed by atoms with E-state index < -0.39 is 0 Å². The Labute approximate surface area is 117 Å². The van der Waals surface area contributed by atoms with Crippen LogP contribution in [0.5, 0.6) is 0 Å². The summed E-state index contributed by atoms with van der Waals surface area (Å²) in [5, 5.41) is 3.41. The van der Waals surface area contributed by atoms with Crippen molar-refractivity contribution >= 4 is 5.82 Å². The van der Waals surface area contributed by atoms with Gasteiger partial charge in [-0.05, 0) is 33.1 Å². The zero-order valence-corrected chi connectivity index (χ0v) is 13.2. The molecule has 1 aromatic heterocycles. The average molecular weight is 264 g/mol. The zero-order chi connectivity index (χ0) is 14.5. The molecule has 1 heterocycles. The van der Waals surface area contributed by atoms with Gasteiger partial charge in [0.15, 0.2) is 0 Å². The highest BCUT2D eigenvalue weighted by molar-refractivity contribution is 5.34. The van der Waals surface area contributed by atoms with E-state index in [2.05, 4.69) is 61.9 Å². The first-order chi connectivity index (χ1) is 8.78. The first-order valence-electron chi connectivity index (χ1n) is 7.05. The van der Waals surface area contributed by atoms with Crippen LogP contribution in [0.4, 0.5) is 5.82 Å². The van der Waals surface area contributed by atoms with Crippen LogP contribution in [-0.2, 0) is 6.54 Å². The summed E-state index contributed by atoms with van der Waals surface area (Å²) in [6, 6.07) is 0. The van der Waals surface area contributed by atoms with Crippen molar-refractivity contribution in [3.63, 3.8) is 0 Å². The normalized spacial score (nSPS) is 11.9. The van der Waals surface area contributed by atoms with Gasteiger partial charge in [0.25, 0.3) is 0 Å². The molecule has 0 spiro atoms.